The fourth-order valence-electron chi connectivity index (χ4n) is 1.34. The topological polar surface area (TPSA) is 60.2 Å². The van der Waals surface area contributed by atoms with Gasteiger partial charge in [-0.25, -0.2) is 13.6 Å². The van der Waals surface area contributed by atoms with Gasteiger partial charge >= 0.3 is 15.5 Å². The predicted octanol–water partition coefficient (Wildman–Crippen LogP) is 1.68. The fraction of sp³-hybridized carbons (Fsp3) is 1.00. The van der Waals surface area contributed by atoms with E-state index in [1.807, 2.05) is 0 Å². The number of primary sulfonamides is 1. The van der Waals surface area contributed by atoms with E-state index in [0.717, 1.165) is 0 Å². The lowest BCUT2D eigenvalue weighted by molar-refractivity contribution is -0.921. The van der Waals surface area contributed by atoms with E-state index in [0.29, 0.717) is 0 Å². The van der Waals surface area contributed by atoms with Crippen molar-refractivity contribution in [2.24, 2.45) is 5.14 Å². The highest BCUT2D eigenvalue weighted by Crippen LogP contribution is 2.18. The smallest absolute Gasteiger partial charge is 0.325 e. The van der Waals surface area contributed by atoms with Crippen LogP contribution in [0.15, 0.2) is 0 Å². The molecule has 4 nitrogen and oxygen atoms in total. The molecule has 0 saturated heterocycles. The van der Waals surface area contributed by atoms with E-state index < -0.39 is 15.5 Å². The van der Waals surface area contributed by atoms with Crippen molar-refractivity contribution in [2.75, 3.05) is 26.2 Å². The molecular weight excluding hydrogens is 257 g/mol. The minimum atomic E-state index is -5.34. The predicted molar refractivity (Wildman–Crippen MR) is 61.6 cm³/mol. The Hall–Kier alpha value is -0.340. The molecule has 0 aliphatic rings. The Balaban J connectivity index is 0. The average Bonchev–Trinajstić information content (AvgIpc) is 2.20. The van der Waals surface area contributed by atoms with Gasteiger partial charge in [0.15, 0.2) is 0 Å². The first kappa shape index (κ1) is 19.0. The van der Waals surface area contributed by atoms with Crippen LogP contribution in [0.25, 0.3) is 0 Å². The minimum Gasteiger partial charge on any atom is -0.325 e. The van der Waals surface area contributed by atoms with Crippen molar-refractivity contribution in [3.8, 4) is 0 Å². The van der Waals surface area contributed by atoms with Crippen molar-refractivity contribution in [2.45, 2.75) is 33.2 Å². The van der Waals surface area contributed by atoms with Gasteiger partial charge in [-0.1, -0.05) is 0 Å². The Bertz CT molecular complexity index is 280. The fourth-order valence-corrected chi connectivity index (χ4v) is 1.34. The zero-order chi connectivity index (χ0) is 14.3. The monoisotopic (exact) mass is 279 g/mol. The number of nitrogens with zero attached hydrogens (tertiary/aromatic N) is 1. The molecule has 0 fully saturated rings. The van der Waals surface area contributed by atoms with Gasteiger partial charge in [0.2, 0.25) is 0 Å². The van der Waals surface area contributed by atoms with Gasteiger partial charge in [0, 0.05) is 0 Å². The summed E-state index contributed by atoms with van der Waals surface area (Å²) in [5.74, 6) is 0. The summed E-state index contributed by atoms with van der Waals surface area (Å²) in [7, 11) is -5.34. The molecule has 106 valence electrons. The molecule has 0 amide bonds. The maximum absolute atomic E-state index is 10.8. The Kier molecular flexibility index (Phi) is 8.02. The van der Waals surface area contributed by atoms with E-state index in [2.05, 4.69) is 32.8 Å². The Morgan fingerprint density at radius 1 is 0.941 bits per heavy atom. The van der Waals surface area contributed by atoms with E-state index in [1.165, 1.54) is 30.7 Å². The van der Waals surface area contributed by atoms with Crippen LogP contribution in [-0.4, -0.2) is 44.6 Å². The SMILES string of the molecule is CC[N+](CC)(CC)CC.NS(=O)(=O)C(F)(F)F. The number of alkyl halides is 3. The third-order valence-corrected chi connectivity index (χ3v) is 3.65. The van der Waals surface area contributed by atoms with Gasteiger partial charge in [0.1, 0.15) is 0 Å². The van der Waals surface area contributed by atoms with E-state index in [4.69, 9.17) is 0 Å². The van der Waals surface area contributed by atoms with Gasteiger partial charge in [-0.3, -0.25) is 0 Å². The molecule has 0 aromatic rings. The van der Waals surface area contributed by atoms with Gasteiger partial charge in [-0.15, -0.1) is 0 Å². The first-order valence-corrected chi connectivity index (χ1v) is 6.98. The average molecular weight is 279 g/mol. The van der Waals surface area contributed by atoms with Crippen LogP contribution in [-0.2, 0) is 10.0 Å². The van der Waals surface area contributed by atoms with Gasteiger partial charge < -0.3 is 4.48 Å². The largest absolute Gasteiger partial charge is 0.511 e. The summed E-state index contributed by atoms with van der Waals surface area (Å²) in [4.78, 5) is 0. The third-order valence-electron chi connectivity index (χ3n) is 3.01. The summed E-state index contributed by atoms with van der Waals surface area (Å²) in [6.45, 7) is 14.2. The molecule has 0 heterocycles. The lowest BCUT2D eigenvalue weighted by Gasteiger charge is -2.34. The number of sulfonamides is 1. The molecule has 2 N–H and O–H groups in total. The second kappa shape index (κ2) is 7.17. The molecule has 0 aliphatic heterocycles. The zero-order valence-corrected chi connectivity index (χ0v) is 11.5. The molecule has 0 bridgehead atoms. The molecular formula is C9H22F3N2O2S+. The van der Waals surface area contributed by atoms with Crippen molar-refractivity contribution in [1.82, 2.24) is 0 Å². The molecule has 0 spiro atoms. The Morgan fingerprint density at radius 3 is 1.12 bits per heavy atom. The molecule has 0 aromatic heterocycles. The van der Waals surface area contributed by atoms with E-state index in [1.54, 1.807) is 0 Å². The highest BCUT2D eigenvalue weighted by Gasteiger charge is 2.42. The van der Waals surface area contributed by atoms with E-state index >= 15 is 0 Å². The first-order chi connectivity index (χ1) is 7.49. The van der Waals surface area contributed by atoms with Crippen molar-refractivity contribution in [3.63, 3.8) is 0 Å². The summed E-state index contributed by atoms with van der Waals surface area (Å²) in [5, 5.41) is 3.66. The van der Waals surface area contributed by atoms with Crippen molar-refractivity contribution in [3.05, 3.63) is 0 Å². The minimum absolute atomic E-state index is 1.28. The lowest BCUT2D eigenvalue weighted by Crippen LogP contribution is -2.47. The molecule has 0 aromatic carbocycles. The number of nitrogens with two attached hydrogens (primary N) is 1. The number of halogens is 3. The van der Waals surface area contributed by atoms with Crippen LogP contribution in [0.3, 0.4) is 0 Å². The molecule has 0 saturated carbocycles. The number of hydrogen-bond acceptors (Lipinski definition) is 2. The highest BCUT2D eigenvalue weighted by atomic mass is 32.2. The number of hydrogen-bond donors (Lipinski definition) is 1. The number of quaternary nitrogens is 1. The van der Waals surface area contributed by atoms with Crippen LogP contribution >= 0.6 is 0 Å². The maximum Gasteiger partial charge on any atom is 0.511 e. The van der Waals surface area contributed by atoms with Gasteiger partial charge in [0.05, 0.1) is 26.2 Å². The standard InChI is InChI=1S/C8H20N.CH2F3NO2S/c1-5-9(6-2,7-3)8-4;2-1(3,4)8(5,6)7/h5-8H2,1-4H3;(H2,5,6,7)/q+1;. The Morgan fingerprint density at radius 2 is 1.12 bits per heavy atom. The molecule has 0 rings (SSSR count). The number of rotatable bonds is 4. The lowest BCUT2D eigenvalue weighted by atomic mass is 10.3. The normalized spacial score (nSPS) is 12.9. The molecule has 17 heavy (non-hydrogen) atoms. The van der Waals surface area contributed by atoms with Crippen molar-refractivity contribution < 1.29 is 26.1 Å². The molecule has 0 aliphatic carbocycles. The second-order valence-electron chi connectivity index (χ2n) is 3.60. The van der Waals surface area contributed by atoms with Gasteiger partial charge in [-0.05, 0) is 27.7 Å². The van der Waals surface area contributed by atoms with Gasteiger partial charge in [0.25, 0.3) is 0 Å². The summed E-state index contributed by atoms with van der Waals surface area (Å²) < 4.78 is 52.4. The van der Waals surface area contributed by atoms with Crippen molar-refractivity contribution >= 4 is 10.0 Å². The van der Waals surface area contributed by atoms with Crippen LogP contribution in [0.4, 0.5) is 13.2 Å². The first-order valence-electron chi connectivity index (χ1n) is 5.43. The molecule has 8 heteroatoms. The summed E-state index contributed by atoms with van der Waals surface area (Å²) in [6, 6.07) is 0. The van der Waals surface area contributed by atoms with Gasteiger partial charge in [-0.2, -0.15) is 13.2 Å². The summed E-state index contributed by atoms with van der Waals surface area (Å²) in [5.41, 5.74) is -5.31. The maximum atomic E-state index is 10.8. The second-order valence-corrected chi connectivity index (χ2v) is 5.15. The summed E-state index contributed by atoms with van der Waals surface area (Å²) >= 11 is 0. The van der Waals surface area contributed by atoms with E-state index in [-0.39, 0.29) is 0 Å². The molecule has 0 unspecified atom stereocenters. The van der Waals surface area contributed by atoms with Crippen LogP contribution in [0.5, 0.6) is 0 Å². The third kappa shape index (κ3) is 6.85. The van der Waals surface area contributed by atoms with Crippen molar-refractivity contribution in [1.29, 1.82) is 0 Å². The highest BCUT2D eigenvalue weighted by molar-refractivity contribution is 7.90. The molecule has 0 atom stereocenters. The zero-order valence-electron chi connectivity index (χ0n) is 10.7. The van der Waals surface area contributed by atoms with Crippen LogP contribution in [0.1, 0.15) is 27.7 Å². The van der Waals surface area contributed by atoms with Crippen LogP contribution < -0.4 is 5.14 Å². The molecule has 0 radical (unpaired) electrons. The van der Waals surface area contributed by atoms with E-state index in [9.17, 15) is 21.6 Å². The Labute approximate surface area is 101 Å². The van der Waals surface area contributed by atoms with Crippen LogP contribution in [0, 0.1) is 0 Å². The van der Waals surface area contributed by atoms with Crippen LogP contribution in [0.2, 0.25) is 0 Å². The summed E-state index contributed by atoms with van der Waals surface area (Å²) in [6.07, 6.45) is 0. The quantitative estimate of drug-likeness (QED) is 0.796.